The number of aromatic nitrogens is 4. The molecule has 3 aromatic rings. The van der Waals surface area contributed by atoms with Crippen LogP contribution in [0.3, 0.4) is 0 Å². The molecule has 0 bridgehead atoms. The van der Waals surface area contributed by atoms with Crippen LogP contribution in [0.25, 0.3) is 15.9 Å². The van der Waals surface area contributed by atoms with Gasteiger partial charge in [-0.3, -0.25) is 5.43 Å². The molecular weight excluding hydrogens is 236 g/mol. The Labute approximate surface area is 100 Å². The average Bonchev–Trinajstić information content (AvgIpc) is 3.00. The van der Waals surface area contributed by atoms with Crippen LogP contribution in [0.2, 0.25) is 0 Å². The Balaban J connectivity index is 2.23. The van der Waals surface area contributed by atoms with E-state index in [-0.39, 0.29) is 0 Å². The van der Waals surface area contributed by atoms with E-state index < -0.39 is 0 Å². The minimum absolute atomic E-state index is 0.532. The van der Waals surface area contributed by atoms with Crippen molar-refractivity contribution in [3.63, 3.8) is 0 Å². The number of nitrogens with zero attached hydrogens (tertiary/aromatic N) is 4. The van der Waals surface area contributed by atoms with Gasteiger partial charge in [-0.1, -0.05) is 0 Å². The van der Waals surface area contributed by atoms with Crippen LogP contribution < -0.4 is 11.3 Å². The smallest absolute Gasteiger partial charge is 0.241 e. The van der Waals surface area contributed by atoms with Crippen LogP contribution >= 0.6 is 11.3 Å². The number of nitrogens with one attached hydrogen (secondary N) is 1. The fourth-order valence-corrected chi connectivity index (χ4v) is 3.76. The number of nitrogen functional groups attached to an aromatic ring is 1. The van der Waals surface area contributed by atoms with E-state index in [1.165, 1.54) is 23.2 Å². The Morgan fingerprint density at radius 1 is 1.41 bits per heavy atom. The zero-order valence-corrected chi connectivity index (χ0v) is 9.79. The number of hydrogen-bond donors (Lipinski definition) is 2. The lowest BCUT2D eigenvalue weighted by molar-refractivity contribution is 0.913. The number of rotatable bonds is 1. The third-order valence-corrected chi connectivity index (χ3v) is 4.40. The first-order chi connectivity index (χ1) is 8.38. The van der Waals surface area contributed by atoms with Crippen LogP contribution in [-0.4, -0.2) is 19.6 Å². The lowest BCUT2D eigenvalue weighted by Gasteiger charge is -2.03. The minimum atomic E-state index is 0.532. The van der Waals surface area contributed by atoms with E-state index in [0.29, 0.717) is 5.95 Å². The van der Waals surface area contributed by atoms with Gasteiger partial charge in [0.05, 0.1) is 5.39 Å². The van der Waals surface area contributed by atoms with E-state index >= 15 is 0 Å². The number of anilines is 1. The van der Waals surface area contributed by atoms with E-state index in [4.69, 9.17) is 5.84 Å². The first-order valence-electron chi connectivity index (χ1n) is 5.49. The lowest BCUT2D eigenvalue weighted by Crippen LogP contribution is -2.13. The molecule has 4 rings (SSSR count). The van der Waals surface area contributed by atoms with E-state index in [1.807, 2.05) is 0 Å². The second-order valence-electron chi connectivity index (χ2n) is 4.11. The fraction of sp³-hybridized carbons (Fsp3) is 0.300. The van der Waals surface area contributed by atoms with Crippen molar-refractivity contribution >= 4 is 33.1 Å². The van der Waals surface area contributed by atoms with Crippen molar-refractivity contribution in [2.45, 2.75) is 19.3 Å². The van der Waals surface area contributed by atoms with Crippen molar-refractivity contribution in [1.29, 1.82) is 0 Å². The normalized spacial score (nSPS) is 14.6. The van der Waals surface area contributed by atoms with Gasteiger partial charge in [0.15, 0.2) is 5.65 Å². The molecule has 0 aromatic carbocycles. The van der Waals surface area contributed by atoms with E-state index in [1.54, 1.807) is 15.9 Å². The number of thiophene rings is 1. The van der Waals surface area contributed by atoms with Gasteiger partial charge in [0.2, 0.25) is 5.95 Å². The molecule has 3 N–H and O–H groups in total. The molecule has 3 heterocycles. The van der Waals surface area contributed by atoms with Crippen LogP contribution in [-0.2, 0) is 12.8 Å². The van der Waals surface area contributed by atoms with Crippen molar-refractivity contribution in [3.8, 4) is 0 Å². The summed E-state index contributed by atoms with van der Waals surface area (Å²) in [5.74, 6) is 5.99. The summed E-state index contributed by atoms with van der Waals surface area (Å²) in [7, 11) is 0. The molecule has 3 aromatic heterocycles. The summed E-state index contributed by atoms with van der Waals surface area (Å²) in [6.07, 6.45) is 5.04. The first kappa shape index (κ1) is 9.32. The van der Waals surface area contributed by atoms with E-state index in [9.17, 15) is 0 Å². The average molecular weight is 246 g/mol. The summed E-state index contributed by atoms with van der Waals surface area (Å²) in [6.45, 7) is 0. The minimum Gasteiger partial charge on any atom is -0.292 e. The maximum absolute atomic E-state index is 5.46. The second kappa shape index (κ2) is 3.14. The van der Waals surface area contributed by atoms with Crippen LogP contribution in [0.1, 0.15) is 16.9 Å². The van der Waals surface area contributed by atoms with Gasteiger partial charge < -0.3 is 0 Å². The molecule has 1 aliphatic carbocycles. The van der Waals surface area contributed by atoms with Crippen molar-refractivity contribution in [1.82, 2.24) is 19.6 Å². The number of nitrogens with two attached hydrogens (primary N) is 1. The maximum atomic E-state index is 5.46. The number of hydrazine groups is 1. The highest BCUT2D eigenvalue weighted by Gasteiger charge is 2.22. The molecule has 0 saturated heterocycles. The molecule has 0 saturated carbocycles. The van der Waals surface area contributed by atoms with Crippen molar-refractivity contribution in [2.24, 2.45) is 5.84 Å². The highest BCUT2D eigenvalue weighted by atomic mass is 32.1. The van der Waals surface area contributed by atoms with Gasteiger partial charge in [-0.05, 0) is 24.8 Å². The summed E-state index contributed by atoms with van der Waals surface area (Å²) in [6, 6.07) is 0. The zero-order chi connectivity index (χ0) is 11.4. The molecule has 0 amide bonds. The summed E-state index contributed by atoms with van der Waals surface area (Å²) in [5, 5.41) is 5.30. The Morgan fingerprint density at radius 3 is 3.24 bits per heavy atom. The topological polar surface area (TPSA) is 81.1 Å². The largest absolute Gasteiger partial charge is 0.292 e. The molecule has 0 radical (unpaired) electrons. The molecule has 6 nitrogen and oxygen atoms in total. The quantitative estimate of drug-likeness (QED) is 0.496. The van der Waals surface area contributed by atoms with Gasteiger partial charge in [-0.2, -0.15) is 9.61 Å². The fourth-order valence-electron chi connectivity index (χ4n) is 2.50. The zero-order valence-electron chi connectivity index (χ0n) is 8.97. The van der Waals surface area contributed by atoms with Gasteiger partial charge in [-0.25, -0.2) is 15.8 Å². The van der Waals surface area contributed by atoms with E-state index in [0.717, 1.165) is 28.7 Å². The third-order valence-electron chi connectivity index (χ3n) is 3.21. The Bertz CT molecular complexity index is 727. The Hall–Kier alpha value is -1.73. The molecule has 0 atom stereocenters. The molecule has 0 spiro atoms. The van der Waals surface area contributed by atoms with Gasteiger partial charge in [0, 0.05) is 4.88 Å². The van der Waals surface area contributed by atoms with Crippen LogP contribution in [0.15, 0.2) is 6.33 Å². The van der Waals surface area contributed by atoms with Crippen molar-refractivity contribution < 1.29 is 0 Å². The first-order valence-corrected chi connectivity index (χ1v) is 6.30. The predicted octanol–water partition coefficient (Wildman–Crippen LogP) is 1.11. The van der Waals surface area contributed by atoms with Crippen molar-refractivity contribution in [2.75, 3.05) is 5.43 Å². The molecule has 0 unspecified atom stereocenters. The van der Waals surface area contributed by atoms with Crippen LogP contribution in [0, 0.1) is 0 Å². The maximum Gasteiger partial charge on any atom is 0.241 e. The SMILES string of the molecule is NNc1nc2sc3c(c2c2ncnn12)CCC3. The number of aryl methyl sites for hydroxylation is 2. The summed E-state index contributed by atoms with van der Waals surface area (Å²) >= 11 is 1.75. The molecule has 0 aliphatic heterocycles. The molecular formula is C10H10N6S. The predicted molar refractivity (Wildman–Crippen MR) is 66.0 cm³/mol. The third kappa shape index (κ3) is 1.10. The highest BCUT2D eigenvalue weighted by molar-refractivity contribution is 7.19. The second-order valence-corrected chi connectivity index (χ2v) is 5.20. The molecule has 17 heavy (non-hydrogen) atoms. The van der Waals surface area contributed by atoms with Crippen LogP contribution in [0.5, 0.6) is 0 Å². The number of fused-ring (bicyclic) bond motifs is 5. The molecule has 86 valence electrons. The summed E-state index contributed by atoms with van der Waals surface area (Å²) in [5.41, 5.74) is 4.82. The Kier molecular flexibility index (Phi) is 1.72. The number of hydrogen-bond acceptors (Lipinski definition) is 6. The molecule has 0 fully saturated rings. The lowest BCUT2D eigenvalue weighted by atomic mass is 10.2. The molecule has 1 aliphatic rings. The van der Waals surface area contributed by atoms with Gasteiger partial charge in [0.1, 0.15) is 11.2 Å². The van der Waals surface area contributed by atoms with Gasteiger partial charge in [-0.15, -0.1) is 11.3 Å². The summed E-state index contributed by atoms with van der Waals surface area (Å²) in [4.78, 5) is 11.3. The van der Waals surface area contributed by atoms with Crippen LogP contribution in [0.4, 0.5) is 5.95 Å². The monoisotopic (exact) mass is 246 g/mol. The Morgan fingerprint density at radius 2 is 2.35 bits per heavy atom. The van der Waals surface area contributed by atoms with Gasteiger partial charge >= 0.3 is 0 Å². The molecule has 7 heteroatoms. The highest BCUT2D eigenvalue weighted by Crippen LogP contribution is 2.38. The van der Waals surface area contributed by atoms with Gasteiger partial charge in [0.25, 0.3) is 0 Å². The van der Waals surface area contributed by atoms with Crippen molar-refractivity contribution in [3.05, 3.63) is 16.8 Å². The summed E-state index contributed by atoms with van der Waals surface area (Å²) < 4.78 is 1.66. The standard InChI is InChI=1S/C10H10N6S/c11-15-10-14-9-7(8-12-4-13-16(8)10)5-2-1-3-6(5)17-9/h4H,1-3,11H2,(H,14,15). The van der Waals surface area contributed by atoms with E-state index in [2.05, 4.69) is 20.5 Å².